The minimum Gasteiger partial charge on any atom is -0.339 e. The summed E-state index contributed by atoms with van der Waals surface area (Å²) in [7, 11) is 0. The Kier molecular flexibility index (Phi) is 7.05. The summed E-state index contributed by atoms with van der Waals surface area (Å²) in [6.45, 7) is 4.65. The molecule has 1 unspecified atom stereocenters. The predicted octanol–water partition coefficient (Wildman–Crippen LogP) is 3.76. The molecule has 12 nitrogen and oxygen atoms in total. The maximum atomic E-state index is 15.4. The first-order valence-electron chi connectivity index (χ1n) is 15.5. The summed E-state index contributed by atoms with van der Waals surface area (Å²) < 4.78 is 20.4. The number of amides is 2. The molecule has 3 aromatic heterocycles. The molecule has 0 spiro atoms. The average molecular weight is 579 g/mol. The van der Waals surface area contributed by atoms with Gasteiger partial charge in [0.05, 0.1) is 6.20 Å². The third kappa shape index (κ3) is 5.82. The maximum absolute atomic E-state index is 15.4. The van der Waals surface area contributed by atoms with E-state index in [1.54, 1.807) is 27.8 Å². The van der Waals surface area contributed by atoms with Crippen LogP contribution in [0.2, 0.25) is 0 Å². The quantitative estimate of drug-likeness (QED) is 0.297. The van der Waals surface area contributed by atoms with Crippen molar-refractivity contribution in [3.63, 3.8) is 0 Å². The fourth-order valence-corrected chi connectivity index (χ4v) is 6.30. The lowest BCUT2D eigenvalue weighted by atomic mass is 9.88. The van der Waals surface area contributed by atoms with Crippen molar-refractivity contribution < 1.29 is 14.0 Å². The highest BCUT2D eigenvalue weighted by molar-refractivity contribution is 6.00. The van der Waals surface area contributed by atoms with Crippen LogP contribution in [0, 0.1) is 35.5 Å². The fraction of sp³-hybridized carbons (Fsp3) is 0.690. The summed E-state index contributed by atoms with van der Waals surface area (Å²) in [6.07, 6.45) is 12.6. The molecule has 0 saturated heterocycles. The van der Waals surface area contributed by atoms with Crippen molar-refractivity contribution in [1.29, 1.82) is 0 Å². The molecule has 2 amide bonds. The molecular weight excluding hydrogens is 539 g/mol. The van der Waals surface area contributed by atoms with Crippen molar-refractivity contribution in [3.05, 3.63) is 35.9 Å². The van der Waals surface area contributed by atoms with Gasteiger partial charge in [-0.2, -0.15) is 9.49 Å². The second-order valence-electron chi connectivity index (χ2n) is 13.1. The summed E-state index contributed by atoms with van der Waals surface area (Å²) >= 11 is 0. The molecule has 0 bridgehead atoms. The van der Waals surface area contributed by atoms with Crippen molar-refractivity contribution in [2.24, 2.45) is 29.6 Å². The van der Waals surface area contributed by atoms with Gasteiger partial charge in [0.2, 0.25) is 5.91 Å². The Hall–Kier alpha value is -3.64. The van der Waals surface area contributed by atoms with Gasteiger partial charge < -0.3 is 10.6 Å². The maximum Gasteiger partial charge on any atom is 0.270 e. The number of aromatic nitrogens is 8. The molecule has 0 aliphatic heterocycles. The van der Waals surface area contributed by atoms with E-state index in [2.05, 4.69) is 36.4 Å². The van der Waals surface area contributed by atoms with Gasteiger partial charge in [0.25, 0.3) is 11.9 Å². The molecule has 4 saturated carbocycles. The molecule has 4 fully saturated rings. The van der Waals surface area contributed by atoms with Crippen molar-refractivity contribution in [1.82, 2.24) is 45.1 Å². The zero-order valence-corrected chi connectivity index (χ0v) is 24.2. The largest absolute Gasteiger partial charge is 0.339 e. The second kappa shape index (κ2) is 10.9. The highest BCUT2D eigenvalue weighted by Crippen LogP contribution is 2.51. The molecule has 42 heavy (non-hydrogen) atoms. The number of hydrogen-bond donors (Lipinski definition) is 2. The molecule has 3 aromatic rings. The van der Waals surface area contributed by atoms with Crippen LogP contribution in [-0.4, -0.2) is 57.6 Å². The fourth-order valence-electron chi connectivity index (χ4n) is 6.30. The van der Waals surface area contributed by atoms with Crippen LogP contribution in [0.5, 0.6) is 0 Å². The molecular formula is C29H39FN10O2. The van der Waals surface area contributed by atoms with E-state index < -0.39 is 17.9 Å². The SMILES string of the molecule is CC(C)n1nccc1C(=O)N[C@H](C(=O)Nc1cn(C(CC2CC2)c2nnnn2CC2CC2)nc1F)C(C1CC1)C1CC1. The first kappa shape index (κ1) is 27.2. The Morgan fingerprint density at radius 2 is 1.76 bits per heavy atom. The van der Waals surface area contributed by atoms with Crippen LogP contribution in [0.4, 0.5) is 10.1 Å². The van der Waals surface area contributed by atoms with Gasteiger partial charge in [-0.25, -0.2) is 4.68 Å². The Morgan fingerprint density at radius 1 is 1.05 bits per heavy atom. The van der Waals surface area contributed by atoms with Gasteiger partial charge >= 0.3 is 0 Å². The molecule has 0 radical (unpaired) electrons. The summed E-state index contributed by atoms with van der Waals surface area (Å²) in [4.78, 5) is 27.3. The normalized spacial score (nSPS) is 20.2. The molecule has 2 atom stereocenters. The van der Waals surface area contributed by atoms with E-state index >= 15 is 4.39 Å². The lowest BCUT2D eigenvalue weighted by Gasteiger charge is -2.27. The van der Waals surface area contributed by atoms with Gasteiger partial charge in [-0.1, -0.05) is 12.8 Å². The molecule has 4 aliphatic rings. The van der Waals surface area contributed by atoms with E-state index in [4.69, 9.17) is 0 Å². The van der Waals surface area contributed by atoms with Crippen molar-refractivity contribution in [2.75, 3.05) is 5.32 Å². The smallest absolute Gasteiger partial charge is 0.270 e. The standard InChI is InChI=1S/C29H39FN10O2/c1-16(2)40-22(11-12-31-40)28(41)33-25(24(19-7-8-19)20-9-10-20)29(42)32-21-15-38(35-26(21)30)23(13-17-3-4-17)27-34-36-37-39(27)14-18-5-6-18/h11-12,15-20,23-25H,3-10,13-14H2,1-2H3,(H,32,42)(H,33,41)/t23?,25-/m0/s1. The zero-order valence-electron chi connectivity index (χ0n) is 24.2. The number of rotatable bonds is 14. The van der Waals surface area contributed by atoms with Crippen molar-refractivity contribution in [2.45, 2.75) is 96.3 Å². The van der Waals surface area contributed by atoms with Crippen molar-refractivity contribution >= 4 is 17.5 Å². The first-order valence-corrected chi connectivity index (χ1v) is 15.5. The molecule has 3 heterocycles. The summed E-state index contributed by atoms with van der Waals surface area (Å²) in [6, 6.07) is 0.533. The van der Waals surface area contributed by atoms with Crippen LogP contribution in [0.25, 0.3) is 0 Å². The van der Waals surface area contributed by atoms with E-state index in [1.807, 2.05) is 18.5 Å². The Bertz CT molecular complexity index is 1430. The van der Waals surface area contributed by atoms with E-state index in [0.717, 1.165) is 51.5 Å². The number of nitrogens with one attached hydrogen (secondary N) is 2. The van der Waals surface area contributed by atoms with E-state index in [-0.39, 0.29) is 29.6 Å². The van der Waals surface area contributed by atoms with Gasteiger partial charge in [-0.15, -0.1) is 10.2 Å². The number of nitrogens with zero attached hydrogens (tertiary/aromatic N) is 8. The second-order valence-corrected chi connectivity index (χ2v) is 13.1. The van der Waals surface area contributed by atoms with Crippen LogP contribution >= 0.6 is 0 Å². The highest BCUT2D eigenvalue weighted by atomic mass is 19.1. The van der Waals surface area contributed by atoms with Gasteiger partial charge in [-0.3, -0.25) is 19.0 Å². The van der Waals surface area contributed by atoms with Crippen LogP contribution in [0.3, 0.4) is 0 Å². The number of halogens is 1. The molecule has 13 heteroatoms. The van der Waals surface area contributed by atoms with Crippen LogP contribution < -0.4 is 10.6 Å². The van der Waals surface area contributed by atoms with Crippen LogP contribution in [-0.2, 0) is 11.3 Å². The van der Waals surface area contributed by atoms with Crippen molar-refractivity contribution in [3.8, 4) is 0 Å². The van der Waals surface area contributed by atoms with E-state index in [9.17, 15) is 9.59 Å². The average Bonchev–Trinajstić information content (AvgIpc) is 3.76. The van der Waals surface area contributed by atoms with Crippen LogP contribution in [0.1, 0.15) is 100 Å². The Balaban J connectivity index is 1.13. The number of tetrazole rings is 1. The zero-order chi connectivity index (χ0) is 29.0. The van der Waals surface area contributed by atoms with Crippen LogP contribution in [0.15, 0.2) is 18.5 Å². The predicted molar refractivity (Wildman–Crippen MR) is 150 cm³/mol. The van der Waals surface area contributed by atoms with Gasteiger partial charge in [0, 0.05) is 18.8 Å². The monoisotopic (exact) mass is 578 g/mol. The summed E-state index contributed by atoms with van der Waals surface area (Å²) in [5, 5.41) is 26.7. The lowest BCUT2D eigenvalue weighted by molar-refractivity contribution is -0.119. The minimum absolute atomic E-state index is 0.00108. The summed E-state index contributed by atoms with van der Waals surface area (Å²) in [5.74, 6) is 1.00. The number of carbonyl (C=O) groups is 2. The summed E-state index contributed by atoms with van der Waals surface area (Å²) in [5.41, 5.74) is 0.401. The minimum atomic E-state index is -0.788. The van der Waals surface area contributed by atoms with E-state index in [0.29, 0.717) is 35.2 Å². The van der Waals surface area contributed by atoms with Gasteiger partial charge in [0.1, 0.15) is 23.5 Å². The number of anilines is 1. The number of hydrogen-bond acceptors (Lipinski definition) is 7. The lowest BCUT2D eigenvalue weighted by Crippen LogP contribution is -2.50. The molecule has 0 aromatic carbocycles. The molecule has 7 rings (SSSR count). The number of carbonyl (C=O) groups excluding carboxylic acids is 2. The third-order valence-electron chi connectivity index (χ3n) is 9.18. The highest BCUT2D eigenvalue weighted by Gasteiger charge is 2.48. The molecule has 224 valence electrons. The molecule has 4 aliphatic carbocycles. The topological polar surface area (TPSA) is 137 Å². The Labute approximate surface area is 243 Å². The first-order chi connectivity index (χ1) is 20.4. The van der Waals surface area contributed by atoms with E-state index in [1.165, 1.54) is 12.8 Å². The third-order valence-corrected chi connectivity index (χ3v) is 9.18. The van der Waals surface area contributed by atoms with Gasteiger partial charge in [0.15, 0.2) is 5.82 Å². The molecule has 2 N–H and O–H groups in total. The van der Waals surface area contributed by atoms with Gasteiger partial charge in [-0.05, 0) is 105 Å². The Morgan fingerprint density at radius 3 is 2.40 bits per heavy atom.